The van der Waals surface area contributed by atoms with E-state index >= 15 is 0 Å². The average molecular weight is 487 g/mol. The molecule has 2 nitrogen and oxygen atoms in total. The molecule has 4 rings (SSSR count). The first-order valence-electron chi connectivity index (χ1n) is 9.73. The Hall–Kier alpha value is -3.17. The molecule has 0 spiro atoms. The summed E-state index contributed by atoms with van der Waals surface area (Å²) in [4.78, 5) is 0.350. The summed E-state index contributed by atoms with van der Waals surface area (Å²) >= 11 is 3.38. The molecule has 4 aromatic carbocycles. The second-order valence-electron chi connectivity index (χ2n) is 6.89. The zero-order chi connectivity index (χ0) is 21.7. The molecule has 152 valence electrons. The Labute approximate surface area is 191 Å². The van der Waals surface area contributed by atoms with Crippen LogP contribution in [0.1, 0.15) is 16.7 Å². The first-order valence-corrected chi connectivity index (χ1v) is 12.0. The fourth-order valence-electron chi connectivity index (χ4n) is 3.27. The maximum atomic E-state index is 13.7. The van der Waals surface area contributed by atoms with Crippen LogP contribution >= 0.6 is 15.9 Å². The molecular weight excluding hydrogens is 468 g/mol. The van der Waals surface area contributed by atoms with E-state index in [2.05, 4.69) is 21.7 Å². The predicted octanol–water partition coefficient (Wildman–Crippen LogP) is 6.99. The van der Waals surface area contributed by atoms with Gasteiger partial charge in [0.2, 0.25) is 9.84 Å². The average Bonchev–Trinajstić information content (AvgIpc) is 2.81. The van der Waals surface area contributed by atoms with Crippen LogP contribution in [0.2, 0.25) is 0 Å². The molecule has 0 N–H and O–H groups in total. The van der Waals surface area contributed by atoms with Crippen molar-refractivity contribution in [1.29, 1.82) is 0 Å². The van der Waals surface area contributed by atoms with Crippen LogP contribution in [0.3, 0.4) is 0 Å². The quantitative estimate of drug-likeness (QED) is 0.284. The van der Waals surface area contributed by atoms with Gasteiger partial charge in [-0.2, -0.15) is 0 Å². The summed E-state index contributed by atoms with van der Waals surface area (Å²) in [7, 11) is -3.83. The molecule has 0 saturated carbocycles. The maximum absolute atomic E-state index is 13.7. The van der Waals surface area contributed by atoms with Crippen molar-refractivity contribution in [3.63, 3.8) is 0 Å². The second-order valence-corrected chi connectivity index (χ2v) is 9.69. The number of benzene rings is 4. The summed E-state index contributed by atoms with van der Waals surface area (Å²) in [6.45, 7) is 0. The van der Waals surface area contributed by atoms with Gasteiger partial charge in [0.05, 0.1) is 4.90 Å². The van der Waals surface area contributed by atoms with Gasteiger partial charge in [-0.05, 0) is 29.3 Å². The summed E-state index contributed by atoms with van der Waals surface area (Å²) in [5.41, 5.74) is 6.39. The van der Waals surface area contributed by atoms with Gasteiger partial charge in [-0.15, -0.1) is 0 Å². The third kappa shape index (κ3) is 4.78. The van der Waals surface area contributed by atoms with Crippen molar-refractivity contribution in [1.82, 2.24) is 0 Å². The summed E-state index contributed by atoms with van der Waals surface area (Å²) in [5.74, 6) is 0. The van der Waals surface area contributed by atoms with E-state index in [-0.39, 0.29) is 9.80 Å². The lowest BCUT2D eigenvalue weighted by atomic mass is 9.98. The molecule has 0 aliphatic rings. The Morgan fingerprint density at radius 1 is 0.613 bits per heavy atom. The summed E-state index contributed by atoms with van der Waals surface area (Å²) in [6.07, 6.45) is 0. The fraction of sp³-hybridized carbons (Fsp3) is 0. The van der Waals surface area contributed by atoms with E-state index in [1.54, 1.807) is 36.4 Å². The SMILES string of the molecule is O=S(=O)(C(=C=C(c1ccccc1)c1ccccc1)c1ccccc1)c1cccc(Br)c1. The Bertz CT molecular complexity index is 1310. The van der Waals surface area contributed by atoms with Gasteiger partial charge in [-0.25, -0.2) is 8.42 Å². The molecule has 0 amide bonds. The van der Waals surface area contributed by atoms with Crippen LogP contribution in [0.4, 0.5) is 0 Å². The predicted molar refractivity (Wildman–Crippen MR) is 130 cm³/mol. The molecule has 0 fully saturated rings. The molecule has 4 aromatic rings. The van der Waals surface area contributed by atoms with E-state index in [1.807, 2.05) is 78.9 Å². The van der Waals surface area contributed by atoms with Crippen molar-refractivity contribution >= 4 is 36.2 Å². The van der Waals surface area contributed by atoms with Gasteiger partial charge in [0.25, 0.3) is 0 Å². The number of sulfone groups is 1. The highest BCUT2D eigenvalue weighted by molar-refractivity contribution is 9.10. The van der Waals surface area contributed by atoms with Gasteiger partial charge in [0.1, 0.15) is 4.91 Å². The van der Waals surface area contributed by atoms with Gasteiger partial charge < -0.3 is 0 Å². The van der Waals surface area contributed by atoms with E-state index in [0.29, 0.717) is 10.0 Å². The molecule has 0 aromatic heterocycles. The largest absolute Gasteiger partial charge is 0.218 e. The summed E-state index contributed by atoms with van der Waals surface area (Å²) in [6, 6.07) is 35.3. The highest BCUT2D eigenvalue weighted by Gasteiger charge is 2.23. The van der Waals surface area contributed by atoms with Crippen molar-refractivity contribution in [2.75, 3.05) is 0 Å². The molecule has 31 heavy (non-hydrogen) atoms. The zero-order valence-electron chi connectivity index (χ0n) is 16.6. The van der Waals surface area contributed by atoms with Gasteiger partial charge in [-0.1, -0.05) is 119 Å². The van der Waals surface area contributed by atoms with E-state index in [9.17, 15) is 8.42 Å². The van der Waals surface area contributed by atoms with Crippen LogP contribution in [0.15, 0.2) is 130 Å². The first kappa shape index (κ1) is 21.1. The Morgan fingerprint density at radius 2 is 1.10 bits per heavy atom. The highest BCUT2D eigenvalue weighted by Crippen LogP contribution is 2.31. The van der Waals surface area contributed by atoms with Crippen molar-refractivity contribution < 1.29 is 8.42 Å². The number of hydrogen-bond acceptors (Lipinski definition) is 2. The minimum atomic E-state index is -3.83. The minimum Gasteiger partial charge on any atom is -0.218 e. The van der Waals surface area contributed by atoms with Crippen LogP contribution in [0.5, 0.6) is 0 Å². The summed E-state index contributed by atoms with van der Waals surface area (Å²) in [5, 5.41) is 0. The molecular formula is C27H19BrO2S. The number of halogens is 1. The molecule has 4 heteroatoms. The molecule has 0 bridgehead atoms. The molecule has 0 heterocycles. The second kappa shape index (κ2) is 9.32. The molecule has 0 unspecified atom stereocenters. The molecule has 0 aliphatic heterocycles. The lowest BCUT2D eigenvalue weighted by Gasteiger charge is -2.11. The lowest BCUT2D eigenvalue weighted by molar-refractivity contribution is 0.606. The van der Waals surface area contributed by atoms with Crippen LogP contribution < -0.4 is 0 Å². The molecule has 0 atom stereocenters. The number of hydrogen-bond donors (Lipinski definition) is 0. The lowest BCUT2D eigenvalue weighted by Crippen LogP contribution is -2.04. The van der Waals surface area contributed by atoms with Crippen LogP contribution in [0, 0.1) is 0 Å². The van der Waals surface area contributed by atoms with Gasteiger partial charge in [0, 0.05) is 15.6 Å². The van der Waals surface area contributed by atoms with E-state index in [0.717, 1.165) is 16.7 Å². The van der Waals surface area contributed by atoms with Crippen LogP contribution in [-0.4, -0.2) is 8.42 Å². The van der Waals surface area contributed by atoms with E-state index < -0.39 is 9.84 Å². The Kier molecular flexibility index (Phi) is 6.34. The van der Waals surface area contributed by atoms with Crippen molar-refractivity contribution in [2.24, 2.45) is 0 Å². The van der Waals surface area contributed by atoms with Gasteiger partial charge in [0.15, 0.2) is 0 Å². The van der Waals surface area contributed by atoms with Crippen molar-refractivity contribution in [2.45, 2.75) is 4.90 Å². The highest BCUT2D eigenvalue weighted by atomic mass is 79.9. The maximum Gasteiger partial charge on any atom is 0.214 e. The third-order valence-electron chi connectivity index (χ3n) is 4.77. The minimum absolute atomic E-state index is 0.133. The summed E-state index contributed by atoms with van der Waals surface area (Å²) < 4.78 is 28.2. The molecule has 0 aliphatic carbocycles. The van der Waals surface area contributed by atoms with Crippen molar-refractivity contribution in [3.8, 4) is 0 Å². The van der Waals surface area contributed by atoms with Crippen LogP contribution in [0.25, 0.3) is 10.5 Å². The van der Waals surface area contributed by atoms with Crippen molar-refractivity contribution in [3.05, 3.63) is 142 Å². The Balaban J connectivity index is 2.09. The third-order valence-corrected chi connectivity index (χ3v) is 7.02. The number of rotatable bonds is 5. The van der Waals surface area contributed by atoms with Gasteiger partial charge in [-0.3, -0.25) is 0 Å². The molecule has 0 radical (unpaired) electrons. The fourth-order valence-corrected chi connectivity index (χ4v) is 5.28. The van der Waals surface area contributed by atoms with Crippen LogP contribution in [-0.2, 0) is 9.84 Å². The van der Waals surface area contributed by atoms with Gasteiger partial charge >= 0.3 is 0 Å². The molecule has 0 saturated heterocycles. The van der Waals surface area contributed by atoms with E-state index in [4.69, 9.17) is 0 Å². The standard InChI is InChI=1S/C27H19BrO2S/c28-24-17-10-18-25(19-24)31(29,30)27(23-15-8-3-9-16-23)20-26(21-11-4-1-5-12-21)22-13-6-2-7-14-22/h1-19H. The topological polar surface area (TPSA) is 34.1 Å². The Morgan fingerprint density at radius 3 is 1.58 bits per heavy atom. The zero-order valence-corrected chi connectivity index (χ0v) is 19.0. The smallest absolute Gasteiger partial charge is 0.214 e. The normalized spacial score (nSPS) is 10.9. The first-order chi connectivity index (χ1) is 15.1. The monoisotopic (exact) mass is 486 g/mol. The van der Waals surface area contributed by atoms with E-state index in [1.165, 1.54) is 0 Å².